The molecule has 1 aliphatic rings. The molecule has 8 heteroatoms. The zero-order chi connectivity index (χ0) is 26.5. The summed E-state index contributed by atoms with van der Waals surface area (Å²) in [6, 6.07) is 26.6. The summed E-state index contributed by atoms with van der Waals surface area (Å²) in [6.45, 7) is 3.38. The van der Waals surface area contributed by atoms with Gasteiger partial charge in [-0.2, -0.15) is 4.31 Å². The Balaban J connectivity index is 1.47. The number of aryl methyl sites for hydroxylation is 1. The van der Waals surface area contributed by atoms with Crippen molar-refractivity contribution in [1.82, 2.24) is 9.21 Å². The minimum atomic E-state index is -3.98. The van der Waals surface area contributed by atoms with Crippen molar-refractivity contribution in [3.05, 3.63) is 100 Å². The van der Waals surface area contributed by atoms with E-state index in [4.69, 9.17) is 4.74 Å². The molecular formula is C30H32N2O4S2. The second-order valence-corrected chi connectivity index (χ2v) is 12.9. The van der Waals surface area contributed by atoms with Crippen LogP contribution in [0.1, 0.15) is 28.2 Å². The van der Waals surface area contributed by atoms with Crippen LogP contribution in [0.25, 0.3) is 10.8 Å². The van der Waals surface area contributed by atoms with Crippen LogP contribution in [0.15, 0.2) is 89.8 Å². The molecule has 1 saturated heterocycles. The van der Waals surface area contributed by atoms with E-state index < -0.39 is 10.0 Å². The molecule has 198 valence electrons. The number of sulfonamides is 1. The predicted molar refractivity (Wildman–Crippen MR) is 151 cm³/mol. The Bertz CT molecular complexity index is 1490. The molecule has 0 radical (unpaired) electrons. The van der Waals surface area contributed by atoms with E-state index >= 15 is 0 Å². The number of carbonyl (C=O) groups is 1. The van der Waals surface area contributed by atoms with Crippen molar-refractivity contribution in [3.8, 4) is 0 Å². The van der Waals surface area contributed by atoms with Gasteiger partial charge in [0.05, 0.1) is 24.1 Å². The van der Waals surface area contributed by atoms with Gasteiger partial charge in [-0.05, 0) is 48.9 Å². The quantitative estimate of drug-likeness (QED) is 0.258. The molecule has 3 aromatic carbocycles. The Labute approximate surface area is 228 Å². The van der Waals surface area contributed by atoms with E-state index in [2.05, 4.69) is 0 Å². The molecule has 1 unspecified atom stereocenters. The Morgan fingerprint density at radius 3 is 2.45 bits per heavy atom. The lowest BCUT2D eigenvalue weighted by Crippen LogP contribution is -2.45. The number of rotatable bonds is 10. The minimum Gasteiger partial charge on any atom is -0.377 e. The number of thiophene rings is 1. The van der Waals surface area contributed by atoms with Crippen LogP contribution in [0.2, 0.25) is 0 Å². The van der Waals surface area contributed by atoms with Crippen molar-refractivity contribution in [2.45, 2.75) is 43.9 Å². The average molecular weight is 549 g/mol. The maximum Gasteiger partial charge on any atom is 0.244 e. The summed E-state index contributed by atoms with van der Waals surface area (Å²) < 4.78 is 35.4. The monoisotopic (exact) mass is 548 g/mol. The highest BCUT2D eigenvalue weighted by atomic mass is 32.2. The van der Waals surface area contributed by atoms with E-state index in [9.17, 15) is 13.2 Å². The first-order chi connectivity index (χ1) is 18.4. The molecule has 0 saturated carbocycles. The van der Waals surface area contributed by atoms with Gasteiger partial charge < -0.3 is 9.64 Å². The first kappa shape index (κ1) is 26.6. The molecule has 0 spiro atoms. The van der Waals surface area contributed by atoms with E-state index in [1.54, 1.807) is 28.4 Å². The summed E-state index contributed by atoms with van der Waals surface area (Å²) in [5.41, 5.74) is 0.997. The van der Waals surface area contributed by atoms with Crippen molar-refractivity contribution in [2.75, 3.05) is 19.7 Å². The maximum atomic E-state index is 14.1. The van der Waals surface area contributed by atoms with Gasteiger partial charge in [-0.25, -0.2) is 8.42 Å². The molecule has 38 heavy (non-hydrogen) atoms. The molecule has 2 heterocycles. The molecule has 0 bridgehead atoms. The molecule has 0 aliphatic carbocycles. The smallest absolute Gasteiger partial charge is 0.244 e. The molecule has 6 nitrogen and oxygen atoms in total. The highest BCUT2D eigenvalue weighted by Gasteiger charge is 2.33. The van der Waals surface area contributed by atoms with Crippen LogP contribution < -0.4 is 0 Å². The summed E-state index contributed by atoms with van der Waals surface area (Å²) in [5.74, 6) is -0.235. The number of ether oxygens (including phenoxy) is 1. The van der Waals surface area contributed by atoms with Gasteiger partial charge in [-0.3, -0.25) is 4.79 Å². The molecular weight excluding hydrogens is 516 g/mol. The first-order valence-electron chi connectivity index (χ1n) is 12.9. The summed E-state index contributed by atoms with van der Waals surface area (Å²) in [5, 5.41) is 1.49. The van der Waals surface area contributed by atoms with Gasteiger partial charge in [-0.1, -0.05) is 66.7 Å². The van der Waals surface area contributed by atoms with Crippen molar-refractivity contribution >= 4 is 38.0 Å². The third kappa shape index (κ3) is 6.15. The van der Waals surface area contributed by atoms with Gasteiger partial charge in [0.25, 0.3) is 0 Å². The maximum absolute atomic E-state index is 14.1. The number of benzene rings is 3. The van der Waals surface area contributed by atoms with Gasteiger partial charge in [0, 0.05) is 34.8 Å². The van der Waals surface area contributed by atoms with E-state index in [1.807, 2.05) is 79.7 Å². The van der Waals surface area contributed by atoms with Gasteiger partial charge in [-0.15, -0.1) is 11.3 Å². The molecule has 1 atom stereocenters. The van der Waals surface area contributed by atoms with E-state index in [1.165, 1.54) is 9.18 Å². The van der Waals surface area contributed by atoms with Crippen LogP contribution in [0, 0.1) is 6.92 Å². The van der Waals surface area contributed by atoms with Crippen LogP contribution in [0.5, 0.6) is 0 Å². The van der Waals surface area contributed by atoms with Crippen LogP contribution in [0.3, 0.4) is 0 Å². The number of hydrogen-bond donors (Lipinski definition) is 0. The number of amides is 1. The number of hydrogen-bond acceptors (Lipinski definition) is 5. The summed E-state index contributed by atoms with van der Waals surface area (Å²) in [6.07, 6.45) is 1.44. The largest absolute Gasteiger partial charge is 0.377 e. The van der Waals surface area contributed by atoms with Crippen molar-refractivity contribution in [1.29, 1.82) is 0 Å². The molecule has 4 aromatic rings. The Morgan fingerprint density at radius 2 is 1.71 bits per heavy atom. The number of nitrogens with zero attached hydrogens (tertiary/aromatic N) is 2. The fourth-order valence-corrected chi connectivity index (χ4v) is 7.41. The molecule has 0 N–H and O–H groups in total. The second kappa shape index (κ2) is 11.8. The van der Waals surface area contributed by atoms with E-state index in [-0.39, 0.29) is 30.0 Å². The van der Waals surface area contributed by atoms with Gasteiger partial charge in [0.15, 0.2) is 0 Å². The van der Waals surface area contributed by atoms with Crippen LogP contribution in [-0.2, 0) is 32.6 Å². The molecule has 1 amide bonds. The Kier molecular flexibility index (Phi) is 8.24. The van der Waals surface area contributed by atoms with Gasteiger partial charge >= 0.3 is 0 Å². The van der Waals surface area contributed by atoms with E-state index in [0.717, 1.165) is 28.7 Å². The zero-order valence-electron chi connectivity index (χ0n) is 21.5. The molecule has 1 aromatic heterocycles. The molecule has 1 fully saturated rings. The van der Waals surface area contributed by atoms with Gasteiger partial charge in [0.2, 0.25) is 15.9 Å². The van der Waals surface area contributed by atoms with E-state index in [0.29, 0.717) is 25.1 Å². The Hall–Kier alpha value is -3.04. The predicted octanol–water partition coefficient (Wildman–Crippen LogP) is 5.61. The zero-order valence-corrected chi connectivity index (χ0v) is 23.1. The standard InChI is InChI=1S/C30H32N2O4S2/c1-23-16-17-27(37-23)21-31(19-24-9-3-2-4-10-24)30(33)22-32(20-26-13-8-18-36-26)38(34,35)29-15-7-12-25-11-5-6-14-28(25)29/h2-7,9-12,14-17,26H,8,13,18-22H2,1H3. The summed E-state index contributed by atoms with van der Waals surface area (Å²) >= 11 is 1.65. The summed E-state index contributed by atoms with van der Waals surface area (Å²) in [7, 11) is -3.98. The van der Waals surface area contributed by atoms with Crippen molar-refractivity contribution < 1.29 is 17.9 Å². The third-order valence-electron chi connectivity index (χ3n) is 6.82. The second-order valence-electron chi connectivity index (χ2n) is 9.66. The highest BCUT2D eigenvalue weighted by molar-refractivity contribution is 7.89. The summed E-state index contributed by atoms with van der Waals surface area (Å²) in [4.78, 5) is 18.1. The molecule has 1 aliphatic heterocycles. The SMILES string of the molecule is Cc1ccc(CN(Cc2ccccc2)C(=O)CN(CC2CCCO2)S(=O)(=O)c2cccc3ccccc23)s1. The fourth-order valence-electron chi connectivity index (χ4n) is 4.87. The van der Waals surface area contributed by atoms with Crippen molar-refractivity contribution in [3.63, 3.8) is 0 Å². The average Bonchev–Trinajstić information content (AvgIpc) is 3.59. The third-order valence-corrected chi connectivity index (χ3v) is 9.68. The lowest BCUT2D eigenvalue weighted by molar-refractivity contribution is -0.132. The number of fused-ring (bicyclic) bond motifs is 1. The number of carbonyl (C=O) groups excluding carboxylic acids is 1. The topological polar surface area (TPSA) is 66.9 Å². The minimum absolute atomic E-state index is 0.147. The van der Waals surface area contributed by atoms with Crippen LogP contribution in [-0.4, -0.2) is 49.3 Å². The highest BCUT2D eigenvalue weighted by Crippen LogP contribution is 2.28. The lowest BCUT2D eigenvalue weighted by Gasteiger charge is -2.29. The molecule has 5 rings (SSSR count). The van der Waals surface area contributed by atoms with Crippen molar-refractivity contribution in [2.24, 2.45) is 0 Å². The van der Waals surface area contributed by atoms with Crippen LogP contribution >= 0.6 is 11.3 Å². The Morgan fingerprint density at radius 1 is 0.947 bits per heavy atom. The van der Waals surface area contributed by atoms with Crippen LogP contribution in [0.4, 0.5) is 0 Å². The fraction of sp³-hybridized carbons (Fsp3) is 0.300. The first-order valence-corrected chi connectivity index (χ1v) is 15.1. The normalized spacial score (nSPS) is 15.8. The lowest BCUT2D eigenvalue weighted by atomic mass is 10.1. The van der Waals surface area contributed by atoms with Gasteiger partial charge in [0.1, 0.15) is 0 Å².